The standard InChI is InChI=1S/C36H38O4/c1-37-31-19-11-27(12-20-31)35(28-13-21-32(38-2)22-14-28)9-7-5-6-8-10-36(29-15-23-33(39-3)24-16-29)30-17-25-34(40-4)26-18-30/h9-26H,5-8H2,1-4H3. The summed E-state index contributed by atoms with van der Waals surface area (Å²) in [6, 6.07) is 33.0. The van der Waals surface area contributed by atoms with Crippen LogP contribution < -0.4 is 18.9 Å². The maximum atomic E-state index is 5.36. The number of hydrogen-bond donors (Lipinski definition) is 0. The van der Waals surface area contributed by atoms with Gasteiger partial charge in [-0.1, -0.05) is 60.7 Å². The Labute approximate surface area is 238 Å². The third-order valence-electron chi connectivity index (χ3n) is 6.96. The van der Waals surface area contributed by atoms with Crippen molar-refractivity contribution in [3.63, 3.8) is 0 Å². The Balaban J connectivity index is 1.48. The summed E-state index contributed by atoms with van der Waals surface area (Å²) in [7, 11) is 6.77. The van der Waals surface area contributed by atoms with Crippen LogP contribution in [0.15, 0.2) is 109 Å². The fraction of sp³-hybridized carbons (Fsp3) is 0.222. The van der Waals surface area contributed by atoms with E-state index in [2.05, 4.69) is 60.7 Å². The molecule has 0 aromatic heterocycles. The van der Waals surface area contributed by atoms with Crippen molar-refractivity contribution in [2.75, 3.05) is 28.4 Å². The monoisotopic (exact) mass is 534 g/mol. The lowest BCUT2D eigenvalue weighted by Gasteiger charge is -2.12. The molecule has 4 aromatic rings. The molecule has 0 heterocycles. The number of benzene rings is 4. The van der Waals surface area contributed by atoms with Crippen LogP contribution >= 0.6 is 0 Å². The van der Waals surface area contributed by atoms with E-state index in [1.54, 1.807) is 28.4 Å². The van der Waals surface area contributed by atoms with Gasteiger partial charge >= 0.3 is 0 Å². The second-order valence-corrected chi connectivity index (χ2v) is 9.43. The lowest BCUT2D eigenvalue weighted by Crippen LogP contribution is -1.91. The van der Waals surface area contributed by atoms with E-state index in [1.807, 2.05) is 48.5 Å². The molecule has 0 N–H and O–H groups in total. The molecule has 0 amide bonds. The highest BCUT2D eigenvalue weighted by Crippen LogP contribution is 2.30. The topological polar surface area (TPSA) is 36.9 Å². The van der Waals surface area contributed by atoms with Crippen LogP contribution in [0.1, 0.15) is 47.9 Å². The molecule has 0 spiro atoms. The third-order valence-corrected chi connectivity index (χ3v) is 6.96. The lowest BCUT2D eigenvalue weighted by molar-refractivity contribution is 0.414. The Morgan fingerprint density at radius 3 is 0.825 bits per heavy atom. The summed E-state index contributed by atoms with van der Waals surface area (Å²) in [6.07, 6.45) is 8.85. The van der Waals surface area contributed by atoms with E-state index in [9.17, 15) is 0 Å². The van der Waals surface area contributed by atoms with Gasteiger partial charge in [-0.05, 0) is 108 Å². The predicted octanol–water partition coefficient (Wildman–Crippen LogP) is 8.85. The van der Waals surface area contributed by atoms with Crippen molar-refractivity contribution in [3.8, 4) is 23.0 Å². The zero-order chi connectivity index (χ0) is 28.2. The molecule has 4 heteroatoms. The maximum Gasteiger partial charge on any atom is 0.118 e. The lowest BCUT2D eigenvalue weighted by atomic mass is 9.95. The molecule has 4 aromatic carbocycles. The van der Waals surface area contributed by atoms with E-state index >= 15 is 0 Å². The highest BCUT2D eigenvalue weighted by atomic mass is 16.5. The van der Waals surface area contributed by atoms with Gasteiger partial charge in [-0.3, -0.25) is 0 Å². The van der Waals surface area contributed by atoms with Crippen LogP contribution in [0.4, 0.5) is 0 Å². The van der Waals surface area contributed by atoms with Crippen molar-refractivity contribution < 1.29 is 18.9 Å². The summed E-state index contributed by atoms with van der Waals surface area (Å²) in [5.41, 5.74) is 7.13. The van der Waals surface area contributed by atoms with Gasteiger partial charge < -0.3 is 18.9 Å². The van der Waals surface area contributed by atoms with Gasteiger partial charge in [-0.15, -0.1) is 0 Å². The van der Waals surface area contributed by atoms with E-state index in [-0.39, 0.29) is 0 Å². The van der Waals surface area contributed by atoms with Crippen molar-refractivity contribution in [2.45, 2.75) is 25.7 Å². The molecule has 0 fully saturated rings. The summed E-state index contributed by atoms with van der Waals surface area (Å²) >= 11 is 0. The minimum atomic E-state index is 0.856. The van der Waals surface area contributed by atoms with Crippen LogP contribution in [0.2, 0.25) is 0 Å². The first kappa shape index (κ1) is 28.6. The molecule has 4 nitrogen and oxygen atoms in total. The number of ether oxygens (including phenoxy) is 4. The van der Waals surface area contributed by atoms with E-state index in [1.165, 1.54) is 33.4 Å². The molecule has 0 bridgehead atoms. The van der Waals surface area contributed by atoms with Gasteiger partial charge in [0, 0.05) is 0 Å². The maximum absolute atomic E-state index is 5.36. The Kier molecular flexibility index (Phi) is 10.5. The predicted molar refractivity (Wildman–Crippen MR) is 165 cm³/mol. The number of methoxy groups -OCH3 is 4. The fourth-order valence-electron chi connectivity index (χ4n) is 4.67. The molecule has 0 aliphatic rings. The molecule has 4 rings (SSSR count). The quantitative estimate of drug-likeness (QED) is 0.161. The van der Waals surface area contributed by atoms with Crippen LogP contribution in [-0.4, -0.2) is 28.4 Å². The number of hydrogen-bond acceptors (Lipinski definition) is 4. The van der Waals surface area contributed by atoms with Gasteiger partial charge in [0.25, 0.3) is 0 Å². The summed E-state index contributed by atoms with van der Waals surface area (Å²) in [4.78, 5) is 0. The van der Waals surface area contributed by atoms with E-state index in [0.29, 0.717) is 0 Å². The number of allylic oxidation sites excluding steroid dienone is 2. The molecule has 0 saturated heterocycles. The fourth-order valence-corrected chi connectivity index (χ4v) is 4.67. The first-order valence-corrected chi connectivity index (χ1v) is 13.6. The van der Waals surface area contributed by atoms with Gasteiger partial charge in [-0.2, -0.15) is 0 Å². The Hall–Kier alpha value is -4.44. The first-order chi connectivity index (χ1) is 19.6. The highest BCUT2D eigenvalue weighted by molar-refractivity contribution is 5.81. The van der Waals surface area contributed by atoms with Crippen molar-refractivity contribution in [2.24, 2.45) is 0 Å². The van der Waals surface area contributed by atoms with Gasteiger partial charge in [0.2, 0.25) is 0 Å². The number of unbranched alkanes of at least 4 members (excludes halogenated alkanes) is 3. The van der Waals surface area contributed by atoms with Crippen molar-refractivity contribution in [3.05, 3.63) is 131 Å². The van der Waals surface area contributed by atoms with Crippen molar-refractivity contribution in [1.82, 2.24) is 0 Å². The molecule has 0 unspecified atom stereocenters. The Morgan fingerprint density at radius 2 is 0.625 bits per heavy atom. The first-order valence-electron chi connectivity index (χ1n) is 13.6. The van der Waals surface area contributed by atoms with Crippen LogP contribution in [-0.2, 0) is 0 Å². The van der Waals surface area contributed by atoms with Crippen molar-refractivity contribution >= 4 is 11.1 Å². The largest absolute Gasteiger partial charge is 0.497 e. The van der Waals surface area contributed by atoms with E-state index < -0.39 is 0 Å². The molecular weight excluding hydrogens is 496 g/mol. The van der Waals surface area contributed by atoms with Gasteiger partial charge in [0.15, 0.2) is 0 Å². The van der Waals surface area contributed by atoms with Crippen LogP contribution in [0.3, 0.4) is 0 Å². The van der Waals surface area contributed by atoms with Crippen molar-refractivity contribution in [1.29, 1.82) is 0 Å². The zero-order valence-electron chi connectivity index (χ0n) is 23.9. The summed E-state index contributed by atoms with van der Waals surface area (Å²) in [6.45, 7) is 0. The van der Waals surface area contributed by atoms with Gasteiger partial charge in [0.05, 0.1) is 28.4 Å². The normalized spacial score (nSPS) is 10.4. The molecule has 0 atom stereocenters. The minimum absolute atomic E-state index is 0.856. The second kappa shape index (κ2) is 14.6. The van der Waals surface area contributed by atoms with E-state index in [0.717, 1.165) is 48.7 Å². The van der Waals surface area contributed by atoms with Gasteiger partial charge in [0.1, 0.15) is 23.0 Å². The van der Waals surface area contributed by atoms with Crippen LogP contribution in [0.5, 0.6) is 23.0 Å². The Bertz CT molecular complexity index is 1170. The molecule has 0 aliphatic heterocycles. The molecule has 40 heavy (non-hydrogen) atoms. The van der Waals surface area contributed by atoms with Crippen LogP contribution in [0.25, 0.3) is 11.1 Å². The average Bonchev–Trinajstić information content (AvgIpc) is 3.03. The summed E-state index contributed by atoms with van der Waals surface area (Å²) < 4.78 is 21.5. The molecule has 206 valence electrons. The molecule has 0 aliphatic carbocycles. The van der Waals surface area contributed by atoms with E-state index in [4.69, 9.17) is 18.9 Å². The smallest absolute Gasteiger partial charge is 0.118 e. The summed E-state index contributed by atoms with van der Waals surface area (Å²) in [5, 5.41) is 0. The third kappa shape index (κ3) is 7.57. The SMILES string of the molecule is COc1ccc(C(=CCCCCC=C(c2ccc(OC)cc2)c2ccc(OC)cc2)c2ccc(OC)cc2)cc1. The minimum Gasteiger partial charge on any atom is -0.497 e. The average molecular weight is 535 g/mol. The molecule has 0 radical (unpaired) electrons. The summed E-state index contributed by atoms with van der Waals surface area (Å²) in [5.74, 6) is 3.42. The van der Waals surface area contributed by atoms with Crippen LogP contribution in [0, 0.1) is 0 Å². The molecule has 0 saturated carbocycles. The highest BCUT2D eigenvalue weighted by Gasteiger charge is 2.08. The Morgan fingerprint density at radius 1 is 0.400 bits per heavy atom. The number of rotatable bonds is 13. The molecular formula is C36H38O4. The zero-order valence-corrected chi connectivity index (χ0v) is 23.9. The second-order valence-electron chi connectivity index (χ2n) is 9.43. The van der Waals surface area contributed by atoms with Gasteiger partial charge in [-0.25, -0.2) is 0 Å².